The van der Waals surface area contributed by atoms with Gasteiger partial charge in [-0.05, 0) is 30.9 Å². The van der Waals surface area contributed by atoms with Crippen molar-refractivity contribution < 1.29 is 9.53 Å². The number of nitrogens with zero attached hydrogens (tertiary/aromatic N) is 1. The van der Waals surface area contributed by atoms with E-state index in [0.717, 1.165) is 18.8 Å². The highest BCUT2D eigenvalue weighted by atomic mass is 16.5. The lowest BCUT2D eigenvalue weighted by molar-refractivity contribution is 0.0526. The summed E-state index contributed by atoms with van der Waals surface area (Å²) in [7, 11) is 0. The summed E-state index contributed by atoms with van der Waals surface area (Å²) in [5.74, 6) is 0.457. The van der Waals surface area contributed by atoms with Crippen LogP contribution in [0.2, 0.25) is 0 Å². The Balaban J connectivity index is 2.48. The molecule has 18 heavy (non-hydrogen) atoms. The summed E-state index contributed by atoms with van der Waals surface area (Å²) >= 11 is 0. The second-order valence-corrected chi connectivity index (χ2v) is 5.39. The Morgan fingerprint density at radius 2 is 2.11 bits per heavy atom. The summed E-state index contributed by atoms with van der Waals surface area (Å²) in [5, 5.41) is 3.24. The molecule has 0 aromatic carbocycles. The SMILES string of the molecule is CCOC(=O)c1ccc(NCCC(C)(C)C)nc1. The molecular formula is C14H22N2O2. The Kier molecular flexibility index (Phi) is 5.13. The summed E-state index contributed by atoms with van der Waals surface area (Å²) in [6, 6.07) is 3.53. The monoisotopic (exact) mass is 250 g/mol. The third-order valence-corrected chi connectivity index (χ3v) is 2.46. The number of nitrogens with one attached hydrogen (secondary N) is 1. The van der Waals surface area contributed by atoms with E-state index in [0.29, 0.717) is 17.6 Å². The molecule has 1 aromatic heterocycles. The Bertz CT molecular complexity index is 380. The third-order valence-electron chi connectivity index (χ3n) is 2.46. The highest BCUT2D eigenvalue weighted by molar-refractivity contribution is 5.89. The average Bonchev–Trinajstić information content (AvgIpc) is 2.28. The first-order chi connectivity index (χ1) is 8.42. The predicted molar refractivity (Wildman–Crippen MR) is 72.8 cm³/mol. The molecule has 4 heteroatoms. The average molecular weight is 250 g/mol. The van der Waals surface area contributed by atoms with Crippen LogP contribution < -0.4 is 5.32 Å². The Morgan fingerprint density at radius 3 is 2.61 bits per heavy atom. The van der Waals surface area contributed by atoms with Gasteiger partial charge in [-0.1, -0.05) is 20.8 Å². The van der Waals surface area contributed by atoms with E-state index in [-0.39, 0.29) is 5.97 Å². The maximum Gasteiger partial charge on any atom is 0.339 e. The maximum atomic E-state index is 11.4. The van der Waals surface area contributed by atoms with Crippen LogP contribution >= 0.6 is 0 Å². The van der Waals surface area contributed by atoms with Crippen molar-refractivity contribution in [1.29, 1.82) is 0 Å². The van der Waals surface area contributed by atoms with Gasteiger partial charge in [0.05, 0.1) is 12.2 Å². The number of anilines is 1. The van der Waals surface area contributed by atoms with E-state index in [1.807, 2.05) is 0 Å². The minimum Gasteiger partial charge on any atom is -0.462 e. The molecule has 1 N–H and O–H groups in total. The minimum atomic E-state index is -0.328. The molecule has 4 nitrogen and oxygen atoms in total. The summed E-state index contributed by atoms with van der Waals surface area (Å²) in [4.78, 5) is 15.6. The van der Waals surface area contributed by atoms with Crippen molar-refractivity contribution in [1.82, 2.24) is 4.98 Å². The molecule has 0 aliphatic rings. The van der Waals surface area contributed by atoms with E-state index in [1.165, 1.54) is 6.20 Å². The van der Waals surface area contributed by atoms with Gasteiger partial charge in [-0.25, -0.2) is 9.78 Å². The zero-order valence-corrected chi connectivity index (χ0v) is 11.6. The normalized spacial score (nSPS) is 11.1. The van der Waals surface area contributed by atoms with Crippen LogP contribution in [0.15, 0.2) is 18.3 Å². The lowest BCUT2D eigenvalue weighted by Gasteiger charge is -2.18. The van der Waals surface area contributed by atoms with Crippen LogP contribution in [0, 0.1) is 5.41 Å². The molecule has 0 atom stereocenters. The Labute approximate surface area is 109 Å². The van der Waals surface area contributed by atoms with Crippen LogP contribution in [0.4, 0.5) is 5.82 Å². The van der Waals surface area contributed by atoms with Crippen LogP contribution in [-0.4, -0.2) is 24.1 Å². The highest BCUT2D eigenvalue weighted by Crippen LogP contribution is 2.18. The third kappa shape index (κ3) is 5.17. The van der Waals surface area contributed by atoms with Crippen LogP contribution in [0.3, 0.4) is 0 Å². The fourth-order valence-corrected chi connectivity index (χ4v) is 1.40. The topological polar surface area (TPSA) is 51.2 Å². The number of aromatic nitrogens is 1. The molecule has 1 aromatic rings. The van der Waals surface area contributed by atoms with Gasteiger partial charge < -0.3 is 10.1 Å². The lowest BCUT2D eigenvalue weighted by atomic mass is 9.92. The van der Waals surface area contributed by atoms with Crippen molar-refractivity contribution in [2.75, 3.05) is 18.5 Å². The fraction of sp³-hybridized carbons (Fsp3) is 0.571. The van der Waals surface area contributed by atoms with Gasteiger partial charge in [-0.15, -0.1) is 0 Å². The first kappa shape index (κ1) is 14.5. The Morgan fingerprint density at radius 1 is 1.39 bits per heavy atom. The van der Waals surface area contributed by atoms with Crippen molar-refractivity contribution >= 4 is 11.8 Å². The van der Waals surface area contributed by atoms with Gasteiger partial charge in [0.1, 0.15) is 5.82 Å². The van der Waals surface area contributed by atoms with Crippen LogP contribution in [0.5, 0.6) is 0 Å². The summed E-state index contributed by atoms with van der Waals surface area (Å²) in [6.07, 6.45) is 2.60. The number of ether oxygens (including phenoxy) is 1. The van der Waals surface area contributed by atoms with Gasteiger partial charge in [0.15, 0.2) is 0 Å². The van der Waals surface area contributed by atoms with Crippen molar-refractivity contribution in [3.63, 3.8) is 0 Å². The first-order valence-electron chi connectivity index (χ1n) is 6.29. The molecule has 100 valence electrons. The molecule has 0 unspecified atom stereocenters. The van der Waals surface area contributed by atoms with E-state index >= 15 is 0 Å². The number of hydrogen-bond donors (Lipinski definition) is 1. The van der Waals surface area contributed by atoms with E-state index in [9.17, 15) is 4.79 Å². The molecule has 0 aliphatic heterocycles. The number of rotatable bonds is 5. The molecule has 0 saturated carbocycles. The minimum absolute atomic E-state index is 0.303. The number of pyridine rings is 1. The standard InChI is InChI=1S/C14H22N2O2/c1-5-18-13(17)11-6-7-12(16-10-11)15-9-8-14(2,3)4/h6-7,10H,5,8-9H2,1-4H3,(H,15,16). The molecule has 0 spiro atoms. The van der Waals surface area contributed by atoms with E-state index < -0.39 is 0 Å². The zero-order valence-electron chi connectivity index (χ0n) is 11.6. The van der Waals surface area contributed by atoms with Gasteiger partial charge in [0.2, 0.25) is 0 Å². The summed E-state index contributed by atoms with van der Waals surface area (Å²) < 4.78 is 4.89. The molecule has 0 radical (unpaired) electrons. The first-order valence-corrected chi connectivity index (χ1v) is 6.29. The smallest absolute Gasteiger partial charge is 0.339 e. The van der Waals surface area contributed by atoms with Crippen molar-refractivity contribution in [3.8, 4) is 0 Å². The molecule has 0 aliphatic carbocycles. The second-order valence-electron chi connectivity index (χ2n) is 5.39. The largest absolute Gasteiger partial charge is 0.462 e. The number of hydrogen-bond acceptors (Lipinski definition) is 4. The van der Waals surface area contributed by atoms with E-state index in [2.05, 4.69) is 31.1 Å². The molecule has 0 fully saturated rings. The van der Waals surface area contributed by atoms with Crippen LogP contribution in [-0.2, 0) is 4.74 Å². The number of carbonyl (C=O) groups is 1. The highest BCUT2D eigenvalue weighted by Gasteiger charge is 2.10. The zero-order chi connectivity index (χ0) is 13.6. The van der Waals surface area contributed by atoms with E-state index in [4.69, 9.17) is 4.74 Å². The lowest BCUT2D eigenvalue weighted by Crippen LogP contribution is -2.13. The summed E-state index contributed by atoms with van der Waals surface area (Å²) in [6.45, 7) is 9.64. The van der Waals surface area contributed by atoms with Gasteiger partial charge in [-0.2, -0.15) is 0 Å². The van der Waals surface area contributed by atoms with E-state index in [1.54, 1.807) is 19.1 Å². The van der Waals surface area contributed by atoms with Crippen LogP contribution in [0.25, 0.3) is 0 Å². The molecule has 0 saturated heterocycles. The van der Waals surface area contributed by atoms with Gasteiger partial charge in [-0.3, -0.25) is 0 Å². The molecule has 1 heterocycles. The van der Waals surface area contributed by atoms with Crippen molar-refractivity contribution in [3.05, 3.63) is 23.9 Å². The van der Waals surface area contributed by atoms with Gasteiger partial charge >= 0.3 is 5.97 Å². The molecular weight excluding hydrogens is 228 g/mol. The summed E-state index contributed by atoms with van der Waals surface area (Å²) in [5.41, 5.74) is 0.788. The Hall–Kier alpha value is -1.58. The maximum absolute atomic E-state index is 11.4. The van der Waals surface area contributed by atoms with Gasteiger partial charge in [0.25, 0.3) is 0 Å². The number of esters is 1. The molecule has 1 rings (SSSR count). The van der Waals surface area contributed by atoms with Crippen LogP contribution in [0.1, 0.15) is 44.5 Å². The molecule has 0 bridgehead atoms. The van der Waals surface area contributed by atoms with Crippen molar-refractivity contribution in [2.45, 2.75) is 34.1 Å². The quantitative estimate of drug-likeness (QED) is 0.816. The second kappa shape index (κ2) is 6.38. The van der Waals surface area contributed by atoms with Gasteiger partial charge in [0, 0.05) is 12.7 Å². The number of carbonyl (C=O) groups excluding carboxylic acids is 1. The fourth-order valence-electron chi connectivity index (χ4n) is 1.40. The van der Waals surface area contributed by atoms with Crippen molar-refractivity contribution in [2.24, 2.45) is 5.41 Å². The molecule has 0 amide bonds. The predicted octanol–water partition coefficient (Wildman–Crippen LogP) is 3.11.